The number of halogens is 1. The van der Waals surface area contributed by atoms with E-state index in [1.54, 1.807) is 0 Å². The van der Waals surface area contributed by atoms with Gasteiger partial charge in [0.25, 0.3) is 0 Å². The molecular weight excluding hydrogens is 380 g/mol. The van der Waals surface area contributed by atoms with Crippen LogP contribution in [0.3, 0.4) is 0 Å². The second-order valence-corrected chi connectivity index (χ2v) is 7.71. The van der Waals surface area contributed by atoms with Crippen LogP contribution >= 0.6 is 11.6 Å². The van der Waals surface area contributed by atoms with Crippen LogP contribution in [-0.2, 0) is 6.54 Å². The van der Waals surface area contributed by atoms with Crippen molar-refractivity contribution in [1.29, 1.82) is 0 Å². The lowest BCUT2D eigenvalue weighted by atomic mass is 9.86. The summed E-state index contributed by atoms with van der Waals surface area (Å²) in [7, 11) is 0. The quantitative estimate of drug-likeness (QED) is 0.473. The molecule has 0 spiro atoms. The first-order valence-electron chi connectivity index (χ1n) is 9.42. The van der Waals surface area contributed by atoms with Crippen molar-refractivity contribution in [3.05, 3.63) is 50.7 Å². The molecule has 1 heterocycles. The highest BCUT2D eigenvalue weighted by Crippen LogP contribution is 2.26. The third kappa shape index (κ3) is 5.30. The van der Waals surface area contributed by atoms with E-state index in [0.717, 1.165) is 36.8 Å². The number of aryl methyl sites for hydroxylation is 1. The highest BCUT2D eigenvalue weighted by atomic mass is 35.5. The van der Waals surface area contributed by atoms with Crippen LogP contribution in [0.5, 0.6) is 0 Å². The number of nitrogens with zero attached hydrogens (tertiary/aromatic N) is 3. The van der Waals surface area contributed by atoms with E-state index >= 15 is 0 Å². The first-order valence-corrected chi connectivity index (χ1v) is 9.80. The van der Waals surface area contributed by atoms with E-state index in [1.807, 2.05) is 25.1 Å². The Balaban J connectivity index is 1.68. The minimum atomic E-state index is -0.468. The second-order valence-electron chi connectivity index (χ2n) is 7.27. The lowest BCUT2D eigenvalue weighted by molar-refractivity contribution is -0.384. The van der Waals surface area contributed by atoms with Crippen LogP contribution < -0.4 is 16.4 Å². The average molecular weight is 405 g/mol. The molecule has 0 bridgehead atoms. The van der Waals surface area contributed by atoms with Crippen LogP contribution in [0.4, 0.5) is 17.5 Å². The largest absolute Gasteiger partial charge is 0.364 e. The van der Waals surface area contributed by atoms with Gasteiger partial charge in [0.15, 0.2) is 0 Å². The number of nitrogens with two attached hydrogens (primary N) is 1. The molecule has 9 heteroatoms. The Morgan fingerprint density at radius 3 is 2.75 bits per heavy atom. The number of benzene rings is 1. The maximum atomic E-state index is 11.3. The Labute approximate surface area is 169 Å². The van der Waals surface area contributed by atoms with E-state index in [9.17, 15) is 10.1 Å². The van der Waals surface area contributed by atoms with Gasteiger partial charge in [-0.15, -0.1) is 0 Å². The zero-order chi connectivity index (χ0) is 20.1. The Morgan fingerprint density at radius 2 is 2.04 bits per heavy atom. The fourth-order valence-electron chi connectivity index (χ4n) is 3.36. The Hall–Kier alpha value is -2.45. The van der Waals surface area contributed by atoms with Gasteiger partial charge in [-0.3, -0.25) is 10.1 Å². The fourth-order valence-corrected chi connectivity index (χ4v) is 3.56. The molecular formula is C19H25ClN6O2. The van der Waals surface area contributed by atoms with Crippen LogP contribution in [0.15, 0.2) is 24.4 Å². The lowest BCUT2D eigenvalue weighted by Gasteiger charge is -2.26. The van der Waals surface area contributed by atoms with Gasteiger partial charge in [0.2, 0.25) is 11.8 Å². The molecule has 8 nitrogen and oxygen atoms in total. The highest BCUT2D eigenvalue weighted by molar-refractivity contribution is 6.30. The topological polar surface area (TPSA) is 119 Å². The van der Waals surface area contributed by atoms with Gasteiger partial charge in [0.05, 0.1) is 4.92 Å². The number of nitrogens with one attached hydrogen (secondary N) is 2. The Morgan fingerprint density at radius 1 is 1.29 bits per heavy atom. The van der Waals surface area contributed by atoms with Crippen LogP contribution in [0.25, 0.3) is 0 Å². The predicted molar refractivity (Wildman–Crippen MR) is 111 cm³/mol. The minimum absolute atomic E-state index is 0.128. The summed E-state index contributed by atoms with van der Waals surface area (Å²) >= 11 is 6.05. The van der Waals surface area contributed by atoms with E-state index in [2.05, 4.69) is 20.6 Å². The Kier molecular flexibility index (Phi) is 6.64. The van der Waals surface area contributed by atoms with Crippen LogP contribution in [0.2, 0.25) is 5.02 Å². The van der Waals surface area contributed by atoms with E-state index in [1.165, 1.54) is 6.20 Å². The number of anilines is 2. The van der Waals surface area contributed by atoms with E-state index < -0.39 is 4.92 Å². The summed E-state index contributed by atoms with van der Waals surface area (Å²) in [4.78, 5) is 19.3. The van der Waals surface area contributed by atoms with Crippen LogP contribution in [0.1, 0.15) is 36.8 Å². The van der Waals surface area contributed by atoms with Gasteiger partial charge in [-0.25, -0.2) is 4.98 Å². The maximum absolute atomic E-state index is 11.3. The predicted octanol–water partition coefficient (Wildman–Crippen LogP) is 3.89. The maximum Gasteiger partial charge on any atom is 0.329 e. The van der Waals surface area contributed by atoms with Gasteiger partial charge >= 0.3 is 5.69 Å². The monoisotopic (exact) mass is 404 g/mol. The molecule has 1 aromatic carbocycles. The van der Waals surface area contributed by atoms with Crippen molar-refractivity contribution in [3.8, 4) is 0 Å². The van der Waals surface area contributed by atoms with Crippen molar-refractivity contribution in [2.45, 2.75) is 45.2 Å². The number of rotatable bonds is 7. The Bertz CT molecular complexity index is 839. The van der Waals surface area contributed by atoms with Crippen molar-refractivity contribution < 1.29 is 4.92 Å². The highest BCUT2D eigenvalue weighted by Gasteiger charge is 2.21. The molecule has 0 aliphatic heterocycles. The number of hydrogen-bond acceptors (Lipinski definition) is 7. The third-order valence-electron chi connectivity index (χ3n) is 5.16. The SMILES string of the molecule is Cc1ccc(Cl)cc1CNc1ncc([N+](=O)[O-])c(NC[C@H]2CC[C@H](N)CC2)n1. The van der Waals surface area contributed by atoms with Crippen LogP contribution in [-0.4, -0.2) is 27.5 Å². The van der Waals surface area contributed by atoms with E-state index in [-0.39, 0.29) is 17.5 Å². The molecule has 0 atom stereocenters. The van der Waals surface area contributed by atoms with Crippen molar-refractivity contribution in [3.63, 3.8) is 0 Å². The van der Waals surface area contributed by atoms with Gasteiger partial charge in [-0.05, 0) is 61.8 Å². The molecule has 4 N–H and O–H groups in total. The summed E-state index contributed by atoms with van der Waals surface area (Å²) in [6.45, 7) is 3.11. The molecule has 1 fully saturated rings. The lowest BCUT2D eigenvalue weighted by Crippen LogP contribution is -2.29. The van der Waals surface area contributed by atoms with E-state index in [4.69, 9.17) is 17.3 Å². The van der Waals surface area contributed by atoms with Gasteiger partial charge in [0.1, 0.15) is 6.20 Å². The molecule has 150 valence electrons. The average Bonchev–Trinajstić information content (AvgIpc) is 2.68. The zero-order valence-corrected chi connectivity index (χ0v) is 16.6. The molecule has 28 heavy (non-hydrogen) atoms. The first-order chi connectivity index (χ1) is 13.4. The summed E-state index contributed by atoms with van der Waals surface area (Å²) in [5, 5.41) is 18.2. The molecule has 1 aliphatic rings. The summed E-state index contributed by atoms with van der Waals surface area (Å²) in [5.74, 6) is 1.01. The molecule has 0 amide bonds. The van der Waals surface area contributed by atoms with Crippen molar-refractivity contribution >= 4 is 29.1 Å². The summed E-state index contributed by atoms with van der Waals surface area (Å²) in [5.41, 5.74) is 7.92. The molecule has 0 unspecified atom stereocenters. The minimum Gasteiger partial charge on any atom is -0.364 e. The molecule has 0 saturated heterocycles. The standard InChI is InChI=1S/C19H25ClN6O2/c1-12-2-5-15(20)8-14(12)10-23-19-24-11-17(26(27)28)18(25-19)22-9-13-3-6-16(21)7-4-13/h2,5,8,11,13,16H,3-4,6-7,9-10,21H2,1H3,(H2,22,23,24,25)/t13-,16-. The molecule has 2 aromatic rings. The third-order valence-corrected chi connectivity index (χ3v) is 5.40. The van der Waals surface area contributed by atoms with Gasteiger partial charge < -0.3 is 16.4 Å². The van der Waals surface area contributed by atoms with Gasteiger partial charge in [0, 0.05) is 24.2 Å². The number of nitro groups is 1. The second kappa shape index (κ2) is 9.16. The molecule has 0 radical (unpaired) electrons. The molecule has 1 saturated carbocycles. The van der Waals surface area contributed by atoms with E-state index in [0.29, 0.717) is 30.0 Å². The molecule has 1 aromatic heterocycles. The smallest absolute Gasteiger partial charge is 0.329 e. The molecule has 1 aliphatic carbocycles. The van der Waals surface area contributed by atoms with Crippen molar-refractivity contribution in [2.24, 2.45) is 11.7 Å². The van der Waals surface area contributed by atoms with Crippen LogP contribution in [0, 0.1) is 23.0 Å². The van der Waals surface area contributed by atoms with Crippen molar-refractivity contribution in [1.82, 2.24) is 9.97 Å². The van der Waals surface area contributed by atoms with Gasteiger partial charge in [-0.1, -0.05) is 17.7 Å². The van der Waals surface area contributed by atoms with Crippen molar-refractivity contribution in [2.75, 3.05) is 17.2 Å². The number of aromatic nitrogens is 2. The first kappa shape index (κ1) is 20.3. The number of hydrogen-bond donors (Lipinski definition) is 3. The summed E-state index contributed by atoms with van der Waals surface area (Å²) < 4.78 is 0. The fraction of sp³-hybridized carbons (Fsp3) is 0.474. The summed E-state index contributed by atoms with van der Waals surface area (Å²) in [6, 6.07) is 5.93. The normalized spacial score (nSPS) is 19.2. The van der Waals surface area contributed by atoms with Gasteiger partial charge in [-0.2, -0.15) is 4.98 Å². The molecule has 3 rings (SSSR count). The zero-order valence-electron chi connectivity index (χ0n) is 15.8. The summed E-state index contributed by atoms with van der Waals surface area (Å²) in [6.07, 6.45) is 5.26.